The Bertz CT molecular complexity index is 292. The van der Waals surface area contributed by atoms with Gasteiger partial charge in [0.2, 0.25) is 0 Å². The lowest BCUT2D eigenvalue weighted by Gasteiger charge is -2.23. The van der Waals surface area contributed by atoms with Gasteiger partial charge in [-0.2, -0.15) is 11.8 Å². The molecule has 0 unspecified atom stereocenters. The van der Waals surface area contributed by atoms with Gasteiger partial charge in [0.1, 0.15) is 0 Å². The van der Waals surface area contributed by atoms with E-state index < -0.39 is 0 Å². The van der Waals surface area contributed by atoms with Crippen molar-refractivity contribution in [3.05, 3.63) is 29.8 Å². The highest BCUT2D eigenvalue weighted by molar-refractivity contribution is 7.99. The number of hydrogen-bond donors (Lipinski definition) is 1. The molecule has 0 radical (unpaired) electrons. The van der Waals surface area contributed by atoms with Gasteiger partial charge in [-0.3, -0.25) is 0 Å². The van der Waals surface area contributed by atoms with Crippen LogP contribution in [0.5, 0.6) is 0 Å². The van der Waals surface area contributed by atoms with E-state index in [0.29, 0.717) is 6.04 Å². The molecule has 2 rings (SSSR count). The van der Waals surface area contributed by atoms with E-state index in [-0.39, 0.29) is 0 Å². The zero-order valence-electron chi connectivity index (χ0n) is 8.62. The lowest BCUT2D eigenvalue weighted by molar-refractivity contribution is 0.685. The van der Waals surface area contributed by atoms with E-state index in [9.17, 15) is 0 Å². The maximum atomic E-state index is 3.60. The van der Waals surface area contributed by atoms with E-state index in [0.717, 1.165) is 0 Å². The normalized spacial score (nSPS) is 21.9. The molecule has 1 aromatic carbocycles. The number of thioether (sulfide) groups is 1. The highest BCUT2D eigenvalue weighted by Crippen LogP contribution is 2.21. The molecule has 1 fully saturated rings. The molecular weight excluding hydrogens is 190 g/mol. The number of anilines is 1. The van der Waals surface area contributed by atoms with Crippen LogP contribution < -0.4 is 5.32 Å². The fourth-order valence-corrected chi connectivity index (χ4v) is 2.90. The molecule has 1 aliphatic heterocycles. The average Bonchev–Trinajstić information content (AvgIpc) is 2.19. The minimum absolute atomic E-state index is 0.676. The smallest absolute Gasteiger partial charge is 0.0352 e. The summed E-state index contributed by atoms with van der Waals surface area (Å²) in [4.78, 5) is 0. The number of aryl methyl sites for hydroxylation is 1. The van der Waals surface area contributed by atoms with Gasteiger partial charge in [-0.15, -0.1) is 0 Å². The van der Waals surface area contributed by atoms with Crippen molar-refractivity contribution in [2.45, 2.75) is 25.8 Å². The molecule has 1 aromatic rings. The zero-order chi connectivity index (χ0) is 9.80. The van der Waals surface area contributed by atoms with Crippen LogP contribution in [-0.2, 0) is 0 Å². The van der Waals surface area contributed by atoms with Gasteiger partial charge in [-0.1, -0.05) is 12.1 Å². The largest absolute Gasteiger partial charge is 0.381 e. The van der Waals surface area contributed by atoms with Crippen molar-refractivity contribution in [3.63, 3.8) is 0 Å². The summed E-state index contributed by atoms with van der Waals surface area (Å²) in [6, 6.07) is 9.32. The van der Waals surface area contributed by atoms with Crippen molar-refractivity contribution in [2.24, 2.45) is 0 Å². The number of hydrogen-bond acceptors (Lipinski definition) is 2. The van der Waals surface area contributed by atoms with E-state index in [1.165, 1.54) is 35.6 Å². The standard InChI is InChI=1S/C12H17NS/c1-10-4-2-5-11(8-10)13-12-6-3-7-14-9-12/h2,4-5,8,12-13H,3,6-7,9H2,1H3/t12-/m1/s1. The number of rotatable bonds is 2. The van der Waals surface area contributed by atoms with Crippen molar-refractivity contribution in [1.29, 1.82) is 0 Å². The van der Waals surface area contributed by atoms with Crippen LogP contribution in [0.2, 0.25) is 0 Å². The van der Waals surface area contributed by atoms with Gasteiger partial charge >= 0.3 is 0 Å². The Morgan fingerprint density at radius 3 is 3.07 bits per heavy atom. The molecule has 0 spiro atoms. The van der Waals surface area contributed by atoms with E-state index in [1.807, 2.05) is 0 Å². The first-order valence-corrected chi connectivity index (χ1v) is 6.41. The van der Waals surface area contributed by atoms with Gasteiger partial charge < -0.3 is 5.32 Å². The third kappa shape index (κ3) is 2.68. The molecule has 1 saturated heterocycles. The van der Waals surface area contributed by atoms with Crippen LogP contribution in [-0.4, -0.2) is 17.5 Å². The van der Waals surface area contributed by atoms with Crippen molar-refractivity contribution in [2.75, 3.05) is 16.8 Å². The van der Waals surface area contributed by atoms with E-state index in [2.05, 4.69) is 48.3 Å². The summed E-state index contributed by atoms with van der Waals surface area (Å²) in [6.45, 7) is 2.14. The van der Waals surface area contributed by atoms with Gasteiger partial charge in [0.15, 0.2) is 0 Å². The first-order chi connectivity index (χ1) is 6.84. The monoisotopic (exact) mass is 207 g/mol. The van der Waals surface area contributed by atoms with E-state index >= 15 is 0 Å². The van der Waals surface area contributed by atoms with Crippen molar-refractivity contribution >= 4 is 17.4 Å². The van der Waals surface area contributed by atoms with Crippen LogP contribution in [0.15, 0.2) is 24.3 Å². The molecule has 1 heterocycles. The van der Waals surface area contributed by atoms with Crippen LogP contribution in [0, 0.1) is 6.92 Å². The van der Waals surface area contributed by atoms with Gasteiger partial charge in [0.25, 0.3) is 0 Å². The van der Waals surface area contributed by atoms with Gasteiger partial charge in [0.05, 0.1) is 0 Å². The third-order valence-corrected chi connectivity index (χ3v) is 3.76. The van der Waals surface area contributed by atoms with Gasteiger partial charge in [0, 0.05) is 17.5 Å². The minimum atomic E-state index is 0.676. The third-order valence-electron chi connectivity index (χ3n) is 2.55. The Morgan fingerprint density at radius 2 is 2.36 bits per heavy atom. The zero-order valence-corrected chi connectivity index (χ0v) is 9.44. The number of benzene rings is 1. The molecule has 0 saturated carbocycles. The van der Waals surface area contributed by atoms with Gasteiger partial charge in [-0.25, -0.2) is 0 Å². The lowest BCUT2D eigenvalue weighted by Crippen LogP contribution is -2.25. The first-order valence-electron chi connectivity index (χ1n) is 5.25. The lowest BCUT2D eigenvalue weighted by atomic mass is 10.1. The molecule has 76 valence electrons. The SMILES string of the molecule is Cc1cccc(N[C@@H]2CCCSC2)c1. The quantitative estimate of drug-likeness (QED) is 0.798. The molecule has 2 heteroatoms. The van der Waals surface area contributed by atoms with Crippen molar-refractivity contribution < 1.29 is 0 Å². The number of nitrogens with one attached hydrogen (secondary N) is 1. The molecule has 1 nitrogen and oxygen atoms in total. The Hall–Kier alpha value is -0.630. The summed E-state index contributed by atoms with van der Waals surface area (Å²) in [5.41, 5.74) is 2.61. The molecule has 0 amide bonds. The van der Waals surface area contributed by atoms with Crippen LogP contribution in [0.4, 0.5) is 5.69 Å². The fraction of sp³-hybridized carbons (Fsp3) is 0.500. The summed E-state index contributed by atoms with van der Waals surface area (Å²) in [5, 5.41) is 3.60. The molecule has 0 aromatic heterocycles. The topological polar surface area (TPSA) is 12.0 Å². The Labute approximate surface area is 90.3 Å². The molecule has 14 heavy (non-hydrogen) atoms. The molecule has 1 N–H and O–H groups in total. The molecular formula is C12H17NS. The second-order valence-corrected chi connectivity index (χ2v) is 5.08. The molecule has 0 aliphatic carbocycles. The van der Waals surface area contributed by atoms with E-state index in [1.54, 1.807) is 0 Å². The summed E-state index contributed by atoms with van der Waals surface area (Å²) in [6.07, 6.45) is 2.68. The molecule has 1 aliphatic rings. The summed E-state index contributed by atoms with van der Waals surface area (Å²) < 4.78 is 0. The predicted molar refractivity (Wildman–Crippen MR) is 65.1 cm³/mol. The first kappa shape index (κ1) is 9.91. The summed E-state index contributed by atoms with van der Waals surface area (Å²) >= 11 is 2.06. The average molecular weight is 207 g/mol. The maximum Gasteiger partial charge on any atom is 0.0352 e. The highest BCUT2D eigenvalue weighted by atomic mass is 32.2. The highest BCUT2D eigenvalue weighted by Gasteiger charge is 2.12. The predicted octanol–water partition coefficient (Wildman–Crippen LogP) is 3.30. The molecule has 1 atom stereocenters. The van der Waals surface area contributed by atoms with Crippen LogP contribution in [0.1, 0.15) is 18.4 Å². The Kier molecular flexibility index (Phi) is 3.35. The fourth-order valence-electron chi connectivity index (χ4n) is 1.83. The Balaban J connectivity index is 1.95. The minimum Gasteiger partial charge on any atom is -0.381 e. The second kappa shape index (κ2) is 4.74. The maximum absolute atomic E-state index is 3.60. The van der Waals surface area contributed by atoms with Crippen molar-refractivity contribution in [1.82, 2.24) is 0 Å². The van der Waals surface area contributed by atoms with Crippen LogP contribution >= 0.6 is 11.8 Å². The van der Waals surface area contributed by atoms with Gasteiger partial charge in [-0.05, 0) is 43.2 Å². The Morgan fingerprint density at radius 1 is 1.43 bits per heavy atom. The van der Waals surface area contributed by atoms with E-state index in [4.69, 9.17) is 0 Å². The summed E-state index contributed by atoms with van der Waals surface area (Å²) in [7, 11) is 0. The van der Waals surface area contributed by atoms with Crippen molar-refractivity contribution in [3.8, 4) is 0 Å². The molecule has 0 bridgehead atoms. The van der Waals surface area contributed by atoms with Crippen LogP contribution in [0.25, 0.3) is 0 Å². The summed E-state index contributed by atoms with van der Waals surface area (Å²) in [5.74, 6) is 2.60. The second-order valence-electron chi connectivity index (χ2n) is 3.93. The van der Waals surface area contributed by atoms with Crippen LogP contribution in [0.3, 0.4) is 0 Å².